The van der Waals surface area contributed by atoms with Gasteiger partial charge < -0.3 is 0 Å². The predicted molar refractivity (Wildman–Crippen MR) is 79.2 cm³/mol. The average Bonchev–Trinajstić information content (AvgIpc) is 2.67. The minimum Gasteiger partial charge on any atom is -0.293 e. The molecule has 1 aliphatic carbocycles. The Hall–Kier alpha value is -2.22. The largest absolute Gasteiger partial charge is 0.293 e. The summed E-state index contributed by atoms with van der Waals surface area (Å²) >= 11 is 0. The van der Waals surface area contributed by atoms with Crippen LogP contribution in [0.1, 0.15) is 38.8 Å². The first kappa shape index (κ1) is 12.8. The highest BCUT2D eigenvalue weighted by Crippen LogP contribution is 2.32. The molecule has 0 amide bonds. The lowest BCUT2D eigenvalue weighted by molar-refractivity contribution is 0.0852. The normalized spacial score (nSPS) is 17.4. The van der Waals surface area contributed by atoms with Crippen LogP contribution in [0.3, 0.4) is 0 Å². The molecule has 2 heteroatoms. The van der Waals surface area contributed by atoms with E-state index in [9.17, 15) is 9.59 Å². The van der Waals surface area contributed by atoms with Gasteiger partial charge in [-0.05, 0) is 49.1 Å². The van der Waals surface area contributed by atoms with E-state index < -0.39 is 5.92 Å². The van der Waals surface area contributed by atoms with Crippen LogP contribution in [0.25, 0.3) is 11.1 Å². The first-order valence-corrected chi connectivity index (χ1v) is 6.79. The number of fused-ring (bicyclic) bond motifs is 1. The molecule has 0 heterocycles. The van der Waals surface area contributed by atoms with E-state index >= 15 is 0 Å². The number of carbonyl (C=O) groups excluding carboxylic acids is 2. The van der Waals surface area contributed by atoms with Crippen molar-refractivity contribution in [2.45, 2.75) is 20.8 Å². The van der Waals surface area contributed by atoms with Gasteiger partial charge in [0.2, 0.25) is 0 Å². The molecule has 0 bridgehead atoms. The summed E-state index contributed by atoms with van der Waals surface area (Å²) in [6.45, 7) is 5.83. The molecule has 0 saturated carbocycles. The van der Waals surface area contributed by atoms with Crippen molar-refractivity contribution in [3.05, 3.63) is 58.7 Å². The lowest BCUT2D eigenvalue weighted by Crippen LogP contribution is -2.09. The number of carbonyl (C=O) groups is 2. The van der Waals surface area contributed by atoms with Gasteiger partial charge in [-0.3, -0.25) is 9.59 Å². The molecule has 1 unspecified atom stereocenters. The van der Waals surface area contributed by atoms with Gasteiger partial charge in [-0.2, -0.15) is 0 Å². The lowest BCUT2D eigenvalue weighted by atomic mass is 9.94. The average molecular weight is 264 g/mol. The maximum atomic E-state index is 12.1. The van der Waals surface area contributed by atoms with E-state index in [2.05, 4.69) is 26.0 Å². The quantitative estimate of drug-likeness (QED) is 0.730. The molecule has 3 rings (SSSR count). The summed E-state index contributed by atoms with van der Waals surface area (Å²) < 4.78 is 0. The molecule has 2 aromatic rings. The molecule has 1 aliphatic rings. The van der Waals surface area contributed by atoms with Crippen LogP contribution in [-0.4, -0.2) is 11.6 Å². The van der Waals surface area contributed by atoms with Crippen molar-refractivity contribution in [3.63, 3.8) is 0 Å². The molecule has 100 valence electrons. The van der Waals surface area contributed by atoms with Gasteiger partial charge in [0.1, 0.15) is 0 Å². The van der Waals surface area contributed by atoms with Crippen molar-refractivity contribution in [2.75, 3.05) is 0 Å². The third kappa shape index (κ3) is 1.72. The smallest absolute Gasteiger partial charge is 0.174 e. The fraction of sp³-hybridized carbons (Fsp3) is 0.222. The highest BCUT2D eigenvalue weighted by molar-refractivity contribution is 6.26. The van der Waals surface area contributed by atoms with E-state index in [1.54, 1.807) is 13.0 Å². The van der Waals surface area contributed by atoms with E-state index in [0.29, 0.717) is 11.1 Å². The summed E-state index contributed by atoms with van der Waals surface area (Å²) in [5.74, 6) is -0.645. The van der Waals surface area contributed by atoms with Gasteiger partial charge in [0.25, 0.3) is 0 Å². The van der Waals surface area contributed by atoms with Gasteiger partial charge in [-0.15, -0.1) is 0 Å². The fourth-order valence-corrected chi connectivity index (χ4v) is 2.78. The van der Waals surface area contributed by atoms with Crippen molar-refractivity contribution in [3.8, 4) is 11.1 Å². The lowest BCUT2D eigenvalue weighted by Gasteiger charge is -2.09. The van der Waals surface area contributed by atoms with Crippen molar-refractivity contribution in [1.29, 1.82) is 0 Å². The Morgan fingerprint density at radius 2 is 1.55 bits per heavy atom. The Bertz CT molecular complexity index is 741. The van der Waals surface area contributed by atoms with Crippen LogP contribution in [-0.2, 0) is 0 Å². The van der Waals surface area contributed by atoms with E-state index in [4.69, 9.17) is 0 Å². The van der Waals surface area contributed by atoms with Crippen LogP contribution >= 0.6 is 0 Å². The van der Waals surface area contributed by atoms with Crippen LogP contribution < -0.4 is 0 Å². The fourth-order valence-electron chi connectivity index (χ4n) is 2.78. The molecule has 0 spiro atoms. The molecule has 0 N–H and O–H groups in total. The standard InChI is InChI=1S/C18H16O2/c1-10-5-4-6-14(11(10)2)13-7-8-15-16(9-13)18(20)12(3)17(15)19/h4-9,12H,1-3H3. The zero-order valence-electron chi connectivity index (χ0n) is 11.9. The van der Waals surface area contributed by atoms with Crippen molar-refractivity contribution in [2.24, 2.45) is 5.92 Å². The first-order valence-electron chi connectivity index (χ1n) is 6.79. The predicted octanol–water partition coefficient (Wildman–Crippen LogP) is 3.99. The molecule has 1 atom stereocenters. The molecule has 20 heavy (non-hydrogen) atoms. The zero-order valence-corrected chi connectivity index (χ0v) is 11.9. The number of hydrogen-bond donors (Lipinski definition) is 0. The Labute approximate surface area is 118 Å². The Kier molecular flexibility index (Phi) is 2.82. The monoisotopic (exact) mass is 264 g/mol. The summed E-state index contributed by atoms with van der Waals surface area (Å²) in [6, 6.07) is 11.7. The third-order valence-electron chi connectivity index (χ3n) is 4.25. The zero-order chi connectivity index (χ0) is 14.4. The third-order valence-corrected chi connectivity index (χ3v) is 4.25. The molecule has 2 aromatic carbocycles. The number of aryl methyl sites for hydroxylation is 1. The molecule has 0 aliphatic heterocycles. The minimum absolute atomic E-state index is 0.0579. The molecule has 0 fully saturated rings. The van der Waals surface area contributed by atoms with E-state index in [1.807, 2.05) is 18.2 Å². The van der Waals surface area contributed by atoms with Crippen LogP contribution in [0.4, 0.5) is 0 Å². The second-order valence-electron chi connectivity index (χ2n) is 5.46. The Morgan fingerprint density at radius 3 is 2.30 bits per heavy atom. The number of rotatable bonds is 1. The highest BCUT2D eigenvalue weighted by Gasteiger charge is 2.35. The number of ketones is 2. The van der Waals surface area contributed by atoms with Crippen molar-refractivity contribution >= 4 is 11.6 Å². The summed E-state index contributed by atoms with van der Waals surface area (Å²) in [4.78, 5) is 24.1. The van der Waals surface area contributed by atoms with E-state index in [-0.39, 0.29) is 11.6 Å². The molecule has 0 radical (unpaired) electrons. The van der Waals surface area contributed by atoms with Crippen molar-refractivity contribution in [1.82, 2.24) is 0 Å². The molecule has 2 nitrogen and oxygen atoms in total. The van der Waals surface area contributed by atoms with Gasteiger partial charge in [-0.25, -0.2) is 0 Å². The van der Waals surface area contributed by atoms with Gasteiger partial charge in [0.05, 0.1) is 5.92 Å². The minimum atomic E-state index is -0.529. The first-order chi connectivity index (χ1) is 9.50. The highest BCUT2D eigenvalue weighted by atomic mass is 16.2. The summed E-state index contributed by atoms with van der Waals surface area (Å²) in [7, 11) is 0. The van der Waals surface area contributed by atoms with Crippen molar-refractivity contribution < 1.29 is 9.59 Å². The van der Waals surface area contributed by atoms with Gasteiger partial charge in [0.15, 0.2) is 11.6 Å². The maximum absolute atomic E-state index is 12.1. The van der Waals surface area contributed by atoms with Crippen LogP contribution in [0.2, 0.25) is 0 Å². The number of benzene rings is 2. The van der Waals surface area contributed by atoms with Gasteiger partial charge in [0, 0.05) is 11.1 Å². The van der Waals surface area contributed by atoms with Crippen LogP contribution in [0.5, 0.6) is 0 Å². The Balaban J connectivity index is 2.18. The molecular weight excluding hydrogens is 248 g/mol. The van der Waals surface area contributed by atoms with E-state index in [1.165, 1.54) is 11.1 Å². The van der Waals surface area contributed by atoms with Gasteiger partial charge >= 0.3 is 0 Å². The number of hydrogen-bond acceptors (Lipinski definition) is 2. The number of Topliss-reactive ketones (excluding diaryl/α,β-unsaturated/α-hetero) is 2. The maximum Gasteiger partial charge on any atom is 0.174 e. The summed E-state index contributed by atoms with van der Waals surface area (Å²) in [5, 5.41) is 0. The SMILES string of the molecule is Cc1cccc(-c2ccc3c(c2)C(=O)C(C)C3=O)c1C. The Morgan fingerprint density at radius 1 is 0.850 bits per heavy atom. The summed E-state index contributed by atoms with van der Waals surface area (Å²) in [6.07, 6.45) is 0. The van der Waals surface area contributed by atoms with Gasteiger partial charge in [-0.1, -0.05) is 30.3 Å². The van der Waals surface area contributed by atoms with Crippen LogP contribution in [0.15, 0.2) is 36.4 Å². The summed E-state index contributed by atoms with van der Waals surface area (Å²) in [5.41, 5.74) is 5.68. The van der Waals surface area contributed by atoms with E-state index in [0.717, 1.165) is 11.1 Å². The second-order valence-corrected chi connectivity index (χ2v) is 5.46. The molecule has 0 saturated heterocycles. The molecular formula is C18H16O2. The van der Waals surface area contributed by atoms with Crippen LogP contribution in [0, 0.1) is 19.8 Å². The molecule has 0 aromatic heterocycles. The second kappa shape index (κ2) is 4.41. The topological polar surface area (TPSA) is 34.1 Å².